The highest BCUT2D eigenvalue weighted by molar-refractivity contribution is 7.93. The van der Waals surface area contributed by atoms with Crippen molar-refractivity contribution in [3.63, 3.8) is 0 Å². The Bertz CT molecular complexity index is 861. The molecule has 0 radical (unpaired) electrons. The first kappa shape index (κ1) is 22.7. The maximum Gasteiger partial charge on any atom is 0.265 e. The number of sulfonamides is 1. The molecule has 27 heavy (non-hydrogen) atoms. The summed E-state index contributed by atoms with van der Waals surface area (Å²) in [6.45, 7) is 5.87. The van der Waals surface area contributed by atoms with Crippen LogP contribution in [0.4, 0.5) is 5.13 Å². The van der Waals surface area contributed by atoms with Crippen LogP contribution >= 0.6 is 46.9 Å². The van der Waals surface area contributed by atoms with Gasteiger partial charge in [-0.1, -0.05) is 23.2 Å². The fraction of sp³-hybridized carbons (Fsp3) is 0.438. The van der Waals surface area contributed by atoms with Gasteiger partial charge in [0.25, 0.3) is 10.0 Å². The van der Waals surface area contributed by atoms with Crippen molar-refractivity contribution in [2.75, 3.05) is 37.6 Å². The number of nitrogens with one attached hydrogen (secondary N) is 1. The Morgan fingerprint density at radius 1 is 1.30 bits per heavy atom. The molecule has 1 saturated heterocycles. The minimum atomic E-state index is -3.83. The van der Waals surface area contributed by atoms with Gasteiger partial charge in [0, 0.05) is 36.5 Å². The molecule has 1 aliphatic heterocycles. The van der Waals surface area contributed by atoms with Crippen LogP contribution in [0.15, 0.2) is 22.4 Å². The highest BCUT2D eigenvalue weighted by Crippen LogP contribution is 2.31. The lowest BCUT2D eigenvalue weighted by Gasteiger charge is -2.26. The van der Waals surface area contributed by atoms with E-state index in [2.05, 4.69) is 14.6 Å². The normalized spacial score (nSPS) is 15.4. The number of hydrogen-bond acceptors (Lipinski definition) is 6. The molecule has 0 aliphatic carbocycles. The number of benzene rings is 1. The maximum absolute atomic E-state index is 12.7. The van der Waals surface area contributed by atoms with Gasteiger partial charge in [0.15, 0.2) is 5.13 Å². The van der Waals surface area contributed by atoms with Gasteiger partial charge >= 0.3 is 0 Å². The second-order valence-corrected chi connectivity index (χ2v) is 9.31. The summed E-state index contributed by atoms with van der Waals surface area (Å²) in [4.78, 5) is 6.71. The highest BCUT2D eigenvalue weighted by Gasteiger charge is 2.23. The van der Waals surface area contributed by atoms with E-state index in [4.69, 9.17) is 27.9 Å². The number of morpholine rings is 1. The molecule has 150 valence electrons. The van der Waals surface area contributed by atoms with Crippen molar-refractivity contribution < 1.29 is 13.2 Å². The van der Waals surface area contributed by atoms with E-state index in [0.717, 1.165) is 45.0 Å². The van der Waals surface area contributed by atoms with Crippen LogP contribution in [0, 0.1) is 6.92 Å². The molecular formula is C16H20Cl3N3O3S2. The number of thiazole rings is 1. The van der Waals surface area contributed by atoms with Gasteiger partial charge in [-0.3, -0.25) is 9.62 Å². The number of hydrogen-bond donors (Lipinski definition) is 1. The van der Waals surface area contributed by atoms with Crippen molar-refractivity contribution in [3.05, 3.63) is 38.8 Å². The van der Waals surface area contributed by atoms with Crippen LogP contribution in [0.5, 0.6) is 0 Å². The van der Waals surface area contributed by atoms with E-state index in [-0.39, 0.29) is 22.3 Å². The lowest BCUT2D eigenvalue weighted by Crippen LogP contribution is -2.37. The Kier molecular flexibility index (Phi) is 8.18. The van der Waals surface area contributed by atoms with Gasteiger partial charge in [0.1, 0.15) is 4.90 Å². The van der Waals surface area contributed by atoms with Gasteiger partial charge < -0.3 is 4.74 Å². The van der Waals surface area contributed by atoms with Crippen LogP contribution in [0.3, 0.4) is 0 Å². The average Bonchev–Trinajstić information content (AvgIpc) is 2.99. The third kappa shape index (κ3) is 5.93. The summed E-state index contributed by atoms with van der Waals surface area (Å²) in [6, 6.07) is 2.98. The lowest BCUT2D eigenvalue weighted by atomic mass is 10.2. The van der Waals surface area contributed by atoms with E-state index in [1.54, 1.807) is 13.0 Å². The Morgan fingerprint density at radius 3 is 2.67 bits per heavy atom. The molecule has 6 nitrogen and oxygen atoms in total. The smallest absolute Gasteiger partial charge is 0.265 e. The van der Waals surface area contributed by atoms with Gasteiger partial charge in [0.05, 0.1) is 23.9 Å². The number of aryl methyl sites for hydroxylation is 1. The Hall–Kier alpha value is -0.610. The fourth-order valence-corrected chi connectivity index (χ4v) is 5.95. The maximum atomic E-state index is 12.7. The monoisotopic (exact) mass is 471 g/mol. The summed E-state index contributed by atoms with van der Waals surface area (Å²) in [5, 5.41) is 2.68. The molecule has 0 atom stereocenters. The van der Waals surface area contributed by atoms with Gasteiger partial charge in [-0.2, -0.15) is 0 Å². The third-order valence-corrected chi connectivity index (χ3v) is 7.13. The van der Waals surface area contributed by atoms with E-state index in [9.17, 15) is 8.42 Å². The fourth-order valence-electron chi connectivity index (χ4n) is 2.76. The number of aromatic nitrogens is 1. The summed E-state index contributed by atoms with van der Waals surface area (Å²) in [5.74, 6) is 0. The van der Waals surface area contributed by atoms with Gasteiger partial charge in [0.2, 0.25) is 0 Å². The minimum absolute atomic E-state index is 0. The second-order valence-electron chi connectivity index (χ2n) is 5.99. The van der Waals surface area contributed by atoms with Crippen molar-refractivity contribution in [2.45, 2.75) is 18.2 Å². The molecule has 3 rings (SSSR count). The summed E-state index contributed by atoms with van der Waals surface area (Å²) >= 11 is 13.3. The quantitative estimate of drug-likeness (QED) is 0.691. The molecule has 2 aromatic rings. The number of halogens is 3. The standard InChI is InChI=1S/C16H19Cl2N3O3S2.ClH/c1-11-8-12(17)9-14(18)15(11)26(22,23)20-16-19-13(10-25-16)2-3-21-4-6-24-7-5-21;/h8-10H,2-7H2,1H3,(H,19,20);1H. The molecule has 0 spiro atoms. The van der Waals surface area contributed by atoms with Crippen LogP contribution < -0.4 is 4.72 Å². The molecule has 0 amide bonds. The third-order valence-electron chi connectivity index (χ3n) is 4.02. The van der Waals surface area contributed by atoms with E-state index < -0.39 is 10.0 Å². The number of nitrogens with zero attached hydrogens (tertiary/aromatic N) is 2. The molecule has 1 aromatic carbocycles. The first-order valence-electron chi connectivity index (χ1n) is 8.08. The van der Waals surface area contributed by atoms with E-state index in [1.165, 1.54) is 17.4 Å². The first-order chi connectivity index (χ1) is 12.3. The largest absolute Gasteiger partial charge is 0.379 e. The van der Waals surface area contributed by atoms with Crippen molar-refractivity contribution in [1.82, 2.24) is 9.88 Å². The molecule has 11 heteroatoms. The zero-order valence-electron chi connectivity index (χ0n) is 14.6. The summed E-state index contributed by atoms with van der Waals surface area (Å²) in [7, 11) is -3.83. The summed E-state index contributed by atoms with van der Waals surface area (Å²) in [5.41, 5.74) is 1.34. The molecule has 1 aliphatic rings. The average molecular weight is 473 g/mol. The Morgan fingerprint density at radius 2 is 2.00 bits per heavy atom. The van der Waals surface area contributed by atoms with Crippen LogP contribution in [-0.2, 0) is 21.2 Å². The highest BCUT2D eigenvalue weighted by atomic mass is 35.5. The molecule has 1 aromatic heterocycles. The van der Waals surface area contributed by atoms with Gasteiger partial charge in [-0.05, 0) is 24.6 Å². The van der Waals surface area contributed by atoms with Crippen LogP contribution in [0.1, 0.15) is 11.3 Å². The second kappa shape index (κ2) is 9.73. The van der Waals surface area contributed by atoms with Crippen LogP contribution in [0.2, 0.25) is 10.0 Å². The van der Waals surface area contributed by atoms with Crippen molar-refractivity contribution in [3.8, 4) is 0 Å². The molecule has 1 fully saturated rings. The molecular weight excluding hydrogens is 453 g/mol. The number of anilines is 1. The van der Waals surface area contributed by atoms with Crippen LogP contribution in [0.25, 0.3) is 0 Å². The minimum Gasteiger partial charge on any atom is -0.379 e. The number of ether oxygens (including phenoxy) is 1. The lowest BCUT2D eigenvalue weighted by molar-refractivity contribution is 0.0383. The summed E-state index contributed by atoms with van der Waals surface area (Å²) in [6.07, 6.45) is 0.763. The van der Waals surface area contributed by atoms with E-state index in [0.29, 0.717) is 15.7 Å². The zero-order chi connectivity index (χ0) is 18.7. The van der Waals surface area contributed by atoms with E-state index >= 15 is 0 Å². The number of rotatable bonds is 6. The Balaban J connectivity index is 0.00000261. The first-order valence-corrected chi connectivity index (χ1v) is 11.2. The Labute approximate surface area is 179 Å². The van der Waals surface area contributed by atoms with Gasteiger partial charge in [-0.25, -0.2) is 13.4 Å². The molecule has 0 saturated carbocycles. The molecule has 0 bridgehead atoms. The predicted octanol–water partition coefficient (Wildman–Crippen LogP) is 3.86. The topological polar surface area (TPSA) is 71.5 Å². The molecule has 2 heterocycles. The van der Waals surface area contributed by atoms with Crippen molar-refractivity contribution in [1.29, 1.82) is 0 Å². The van der Waals surface area contributed by atoms with E-state index in [1.807, 2.05) is 5.38 Å². The van der Waals surface area contributed by atoms with Gasteiger partial charge in [-0.15, -0.1) is 23.7 Å². The zero-order valence-corrected chi connectivity index (χ0v) is 18.5. The van der Waals surface area contributed by atoms with Crippen molar-refractivity contribution in [2.24, 2.45) is 0 Å². The van der Waals surface area contributed by atoms with Crippen molar-refractivity contribution >= 4 is 62.1 Å². The SMILES string of the molecule is Cc1cc(Cl)cc(Cl)c1S(=O)(=O)Nc1nc(CCN2CCOCC2)cs1.Cl. The predicted molar refractivity (Wildman–Crippen MR) is 112 cm³/mol. The molecule has 0 unspecified atom stereocenters. The van der Waals surface area contributed by atoms with Crippen LogP contribution in [-0.4, -0.2) is 51.1 Å². The summed E-state index contributed by atoms with van der Waals surface area (Å²) < 4.78 is 33.2. The molecule has 1 N–H and O–H groups in total.